The van der Waals surface area contributed by atoms with Gasteiger partial charge in [-0.25, -0.2) is 0 Å². The molecule has 6 heteroatoms. The van der Waals surface area contributed by atoms with Crippen molar-refractivity contribution in [1.29, 1.82) is 0 Å². The predicted octanol–water partition coefficient (Wildman–Crippen LogP) is 3.13. The summed E-state index contributed by atoms with van der Waals surface area (Å²) in [6, 6.07) is 5.82. The molecule has 0 bridgehead atoms. The Hall–Kier alpha value is -0.260. The summed E-state index contributed by atoms with van der Waals surface area (Å²) in [6.07, 6.45) is 1.90. The number of hydrogen-bond donors (Lipinski definition) is 2. The second kappa shape index (κ2) is 8.82. The zero-order valence-corrected chi connectivity index (χ0v) is 13.7. The van der Waals surface area contributed by atoms with Crippen LogP contribution in [0.2, 0.25) is 0 Å². The molecule has 108 valence electrons. The minimum atomic E-state index is 0. The van der Waals surface area contributed by atoms with Gasteiger partial charge in [0.1, 0.15) is 5.75 Å². The van der Waals surface area contributed by atoms with Crippen LogP contribution in [-0.4, -0.2) is 36.2 Å². The number of nitrogens with one attached hydrogen (secondary N) is 1. The summed E-state index contributed by atoms with van der Waals surface area (Å²) in [5.41, 5.74) is 0.913. The van der Waals surface area contributed by atoms with Gasteiger partial charge < -0.3 is 10.4 Å². The Balaban J connectivity index is 0.00000162. The number of aromatic hydroxyl groups is 1. The number of piperazine rings is 1. The smallest absolute Gasteiger partial charge is 0.134 e. The van der Waals surface area contributed by atoms with E-state index < -0.39 is 0 Å². The lowest BCUT2D eigenvalue weighted by Crippen LogP contribution is -2.44. The van der Waals surface area contributed by atoms with E-state index in [1.54, 1.807) is 0 Å². The van der Waals surface area contributed by atoms with Gasteiger partial charge in [-0.15, -0.1) is 31.4 Å². The van der Waals surface area contributed by atoms with Gasteiger partial charge >= 0.3 is 0 Å². The van der Waals surface area contributed by atoms with Gasteiger partial charge in [0.25, 0.3) is 0 Å². The van der Waals surface area contributed by atoms with E-state index in [-0.39, 0.29) is 30.9 Å². The largest absolute Gasteiger partial charge is 0.506 e. The molecule has 0 aliphatic carbocycles. The molecule has 3 nitrogen and oxygen atoms in total. The van der Waals surface area contributed by atoms with E-state index in [1.165, 1.54) is 0 Å². The number of nitrogens with zero attached hydrogens (tertiary/aromatic N) is 1. The van der Waals surface area contributed by atoms with Gasteiger partial charge in [0.05, 0.1) is 10.5 Å². The zero-order chi connectivity index (χ0) is 12.3. The van der Waals surface area contributed by atoms with Crippen molar-refractivity contribution in [3.8, 4) is 5.75 Å². The minimum Gasteiger partial charge on any atom is -0.506 e. The van der Waals surface area contributed by atoms with Crippen molar-refractivity contribution in [1.82, 2.24) is 10.2 Å². The van der Waals surface area contributed by atoms with E-state index in [1.807, 2.05) is 24.3 Å². The summed E-state index contributed by atoms with van der Waals surface area (Å²) in [6.45, 7) is 7.82. The molecule has 2 rings (SSSR count). The minimum absolute atomic E-state index is 0. The summed E-state index contributed by atoms with van der Waals surface area (Å²) in [4.78, 5) is 2.32. The first-order valence-electron chi connectivity index (χ1n) is 5.78. The maximum atomic E-state index is 10.1. The summed E-state index contributed by atoms with van der Waals surface area (Å²) in [5.74, 6) is 0.316. The van der Waals surface area contributed by atoms with Crippen molar-refractivity contribution < 1.29 is 5.11 Å². The van der Waals surface area contributed by atoms with E-state index in [0.717, 1.165) is 36.2 Å². The standard InChI is InChI=1S/C13H17BrN2O.2ClH/c1-2-12(16-8-6-15-7-9-16)10-4-3-5-11(14)13(10)17;;/h2-5,12,15,17H,1,6-9H2;2*1H/t12-;;/m0../s1. The molecule has 0 unspecified atom stereocenters. The maximum Gasteiger partial charge on any atom is 0.134 e. The zero-order valence-electron chi connectivity index (χ0n) is 10.5. The molecule has 2 N–H and O–H groups in total. The van der Waals surface area contributed by atoms with Crippen LogP contribution in [0.1, 0.15) is 11.6 Å². The number of para-hydroxylation sites is 1. The van der Waals surface area contributed by atoms with Gasteiger partial charge in [-0.3, -0.25) is 4.90 Å². The number of hydrogen-bond acceptors (Lipinski definition) is 3. The molecule has 1 fully saturated rings. The van der Waals surface area contributed by atoms with Crippen molar-refractivity contribution in [2.45, 2.75) is 6.04 Å². The van der Waals surface area contributed by atoms with Crippen molar-refractivity contribution >= 4 is 40.7 Å². The fourth-order valence-corrected chi connectivity index (χ4v) is 2.59. The molecule has 0 aromatic heterocycles. The third-order valence-electron chi connectivity index (χ3n) is 3.10. The highest BCUT2D eigenvalue weighted by Gasteiger charge is 2.22. The van der Waals surface area contributed by atoms with E-state index in [4.69, 9.17) is 0 Å². The van der Waals surface area contributed by atoms with Crippen LogP contribution in [0.4, 0.5) is 0 Å². The maximum absolute atomic E-state index is 10.1. The molecule has 0 radical (unpaired) electrons. The first-order valence-corrected chi connectivity index (χ1v) is 6.58. The first-order chi connectivity index (χ1) is 8.24. The monoisotopic (exact) mass is 368 g/mol. The highest BCUT2D eigenvalue weighted by atomic mass is 79.9. The molecule has 1 atom stereocenters. The van der Waals surface area contributed by atoms with Crippen LogP contribution in [0.5, 0.6) is 5.75 Å². The average Bonchev–Trinajstić information content (AvgIpc) is 2.37. The topological polar surface area (TPSA) is 35.5 Å². The fourth-order valence-electron chi connectivity index (χ4n) is 2.20. The molecular weight excluding hydrogens is 351 g/mol. The van der Waals surface area contributed by atoms with Crippen molar-refractivity contribution in [3.05, 3.63) is 40.9 Å². The number of halogens is 3. The molecule has 1 saturated heterocycles. The predicted molar refractivity (Wildman–Crippen MR) is 87.7 cm³/mol. The third kappa shape index (κ3) is 4.36. The summed E-state index contributed by atoms with van der Waals surface area (Å²) in [5, 5.41) is 13.4. The van der Waals surface area contributed by atoms with Crippen LogP contribution in [0.3, 0.4) is 0 Å². The molecule has 19 heavy (non-hydrogen) atoms. The molecule has 1 heterocycles. The number of phenolic OH excluding ortho intramolecular Hbond substituents is 1. The Morgan fingerprint density at radius 3 is 2.53 bits per heavy atom. The molecule has 0 amide bonds. The lowest BCUT2D eigenvalue weighted by atomic mass is 10.0. The van der Waals surface area contributed by atoms with E-state index >= 15 is 0 Å². The second-order valence-corrected chi connectivity index (χ2v) is 5.00. The van der Waals surface area contributed by atoms with E-state index in [9.17, 15) is 5.11 Å². The van der Waals surface area contributed by atoms with E-state index in [2.05, 4.69) is 32.7 Å². The van der Waals surface area contributed by atoms with Gasteiger partial charge in [-0.1, -0.05) is 18.2 Å². The second-order valence-electron chi connectivity index (χ2n) is 4.14. The van der Waals surface area contributed by atoms with Crippen LogP contribution in [-0.2, 0) is 0 Å². The number of rotatable bonds is 3. The molecule has 0 spiro atoms. The lowest BCUT2D eigenvalue weighted by Gasteiger charge is -2.33. The van der Waals surface area contributed by atoms with Crippen LogP contribution >= 0.6 is 40.7 Å². The highest BCUT2D eigenvalue weighted by Crippen LogP contribution is 2.34. The number of phenols is 1. The van der Waals surface area contributed by atoms with Gasteiger partial charge in [0.2, 0.25) is 0 Å². The normalized spacial score (nSPS) is 16.9. The molecule has 1 aromatic carbocycles. The van der Waals surface area contributed by atoms with Gasteiger partial charge in [-0.2, -0.15) is 0 Å². The summed E-state index contributed by atoms with van der Waals surface area (Å²) < 4.78 is 0.733. The number of benzene rings is 1. The third-order valence-corrected chi connectivity index (χ3v) is 3.74. The van der Waals surface area contributed by atoms with Gasteiger partial charge in [0, 0.05) is 31.7 Å². The van der Waals surface area contributed by atoms with Crippen molar-refractivity contribution in [3.63, 3.8) is 0 Å². The summed E-state index contributed by atoms with van der Waals surface area (Å²) in [7, 11) is 0. The van der Waals surface area contributed by atoms with Crippen molar-refractivity contribution in [2.24, 2.45) is 0 Å². The van der Waals surface area contributed by atoms with Crippen LogP contribution in [0.25, 0.3) is 0 Å². The van der Waals surface area contributed by atoms with Crippen LogP contribution < -0.4 is 5.32 Å². The summed E-state index contributed by atoms with van der Waals surface area (Å²) >= 11 is 3.35. The first kappa shape index (κ1) is 18.7. The Kier molecular flexibility index (Phi) is 8.70. The molecular formula is C13H19BrCl2N2O. The molecule has 1 aliphatic heterocycles. The van der Waals surface area contributed by atoms with Crippen LogP contribution in [0, 0.1) is 0 Å². The van der Waals surface area contributed by atoms with Crippen LogP contribution in [0.15, 0.2) is 35.3 Å². The quantitative estimate of drug-likeness (QED) is 0.803. The highest BCUT2D eigenvalue weighted by molar-refractivity contribution is 9.10. The Labute approximate surface area is 135 Å². The lowest BCUT2D eigenvalue weighted by molar-refractivity contribution is 0.201. The molecule has 1 aromatic rings. The SMILES string of the molecule is C=C[C@@H](c1cccc(Br)c1O)N1CCNCC1.Cl.Cl. The Bertz CT molecular complexity index is 412. The molecule has 0 saturated carbocycles. The van der Waals surface area contributed by atoms with E-state index in [0.29, 0.717) is 5.75 Å². The molecule has 1 aliphatic rings. The van der Waals surface area contributed by atoms with Crippen molar-refractivity contribution in [2.75, 3.05) is 26.2 Å². The Morgan fingerprint density at radius 1 is 1.32 bits per heavy atom. The fraction of sp³-hybridized carbons (Fsp3) is 0.385. The van der Waals surface area contributed by atoms with Gasteiger partial charge in [0.15, 0.2) is 0 Å². The Morgan fingerprint density at radius 2 is 1.95 bits per heavy atom. The van der Waals surface area contributed by atoms with Gasteiger partial charge in [-0.05, 0) is 22.0 Å². The average molecular weight is 370 g/mol.